The van der Waals surface area contributed by atoms with Crippen molar-refractivity contribution in [2.24, 2.45) is 4.99 Å². The zero-order valence-electron chi connectivity index (χ0n) is 49.7. The number of carbonyl (C=O) groups excluding carboxylic acids is 4. The van der Waals surface area contributed by atoms with E-state index in [-0.39, 0.29) is 92.7 Å². The van der Waals surface area contributed by atoms with Gasteiger partial charge in [0, 0.05) is 78.9 Å². The van der Waals surface area contributed by atoms with Crippen LogP contribution in [0, 0.1) is 12.7 Å². The zero-order chi connectivity index (χ0) is 61.7. The van der Waals surface area contributed by atoms with E-state index in [1.807, 2.05) is 51.1 Å². The summed E-state index contributed by atoms with van der Waals surface area (Å²) in [5.41, 5.74) is 11.5. The summed E-state index contributed by atoms with van der Waals surface area (Å²) in [5, 5.41) is 5.89. The van der Waals surface area contributed by atoms with Crippen LogP contribution >= 0.6 is 23.2 Å². The van der Waals surface area contributed by atoms with Gasteiger partial charge in [0.1, 0.15) is 47.6 Å². The number of nitrogen functional groups attached to an aromatic ring is 1. The third kappa shape index (κ3) is 15.9. The van der Waals surface area contributed by atoms with E-state index in [1.165, 1.54) is 29.3 Å². The number of ketones is 1. The lowest BCUT2D eigenvalue weighted by molar-refractivity contribution is -0.135. The molecule has 3 atom stereocenters. The SMILES string of the molecule is COc1ccc(C2=N[C@H](c3ccc(Cl)cc3)[C@H](c3ccc(Cl)cc3)N2C(=O)N2CCN(CCOCCOCCOCCOCCC(=O)CCCn3nc(C)c4c3CN(C)C(=O)c3ccc(F)cc3[C@@H](C)Oc3nc-4cnc3N)C(=O)C2)c(OC(C)C)c1. The van der Waals surface area contributed by atoms with Gasteiger partial charge in [0.2, 0.25) is 5.91 Å². The highest BCUT2D eigenvalue weighted by Gasteiger charge is 2.46. The van der Waals surface area contributed by atoms with E-state index in [4.69, 9.17) is 72.2 Å². The molecule has 462 valence electrons. The highest BCUT2D eigenvalue weighted by atomic mass is 35.5. The maximum absolute atomic E-state index is 15.1. The Bertz CT molecular complexity index is 3430. The number of hydrogen-bond acceptors (Lipinski definition) is 16. The summed E-state index contributed by atoms with van der Waals surface area (Å²) in [7, 11) is 3.24. The molecule has 3 aliphatic heterocycles. The summed E-state index contributed by atoms with van der Waals surface area (Å²) in [5.74, 6) is 0.537. The fraction of sp³-hybridized carbons (Fsp3) is 0.429. The number of fused-ring (bicyclic) bond motifs is 5. The number of nitrogens with two attached hydrogens (primary N) is 1. The average Bonchev–Trinajstić information content (AvgIpc) is 1.77. The third-order valence-corrected chi connectivity index (χ3v) is 15.5. The number of nitrogens with zero attached hydrogens (tertiary/aromatic N) is 9. The molecular formula is C63H73Cl2FN10O11. The molecule has 1 saturated heterocycles. The number of halogens is 3. The predicted molar refractivity (Wildman–Crippen MR) is 325 cm³/mol. The average molecular weight is 1240 g/mol. The molecule has 9 rings (SSSR count). The number of benzene rings is 4. The number of rotatable bonds is 25. The first-order chi connectivity index (χ1) is 42.0. The highest BCUT2D eigenvalue weighted by molar-refractivity contribution is 6.30. The Balaban J connectivity index is 0.673. The Hall–Kier alpha value is -7.73. The van der Waals surface area contributed by atoms with Gasteiger partial charge in [-0.2, -0.15) is 5.10 Å². The molecule has 2 aromatic heterocycles. The van der Waals surface area contributed by atoms with Crippen LogP contribution < -0.4 is 19.9 Å². The number of amidine groups is 1. The van der Waals surface area contributed by atoms with Crippen molar-refractivity contribution in [2.75, 3.05) is 98.9 Å². The lowest BCUT2D eigenvalue weighted by atomic mass is 9.93. The molecule has 0 unspecified atom stereocenters. The number of anilines is 1. The van der Waals surface area contributed by atoms with E-state index in [0.29, 0.717) is 127 Å². The van der Waals surface area contributed by atoms with Crippen LogP contribution in [0.5, 0.6) is 17.4 Å². The van der Waals surface area contributed by atoms with Crippen molar-refractivity contribution in [3.8, 4) is 28.6 Å². The second-order valence-electron chi connectivity index (χ2n) is 21.5. The maximum atomic E-state index is 15.1. The van der Waals surface area contributed by atoms with Gasteiger partial charge in [0.25, 0.3) is 11.8 Å². The van der Waals surface area contributed by atoms with Crippen LogP contribution in [0.25, 0.3) is 11.3 Å². The zero-order valence-corrected chi connectivity index (χ0v) is 51.2. The molecule has 1 fully saturated rings. The van der Waals surface area contributed by atoms with Crippen LogP contribution in [0.15, 0.2) is 96.1 Å². The maximum Gasteiger partial charge on any atom is 0.326 e. The number of amides is 4. The van der Waals surface area contributed by atoms with Crippen molar-refractivity contribution in [3.05, 3.63) is 146 Å². The predicted octanol–water partition coefficient (Wildman–Crippen LogP) is 9.51. The van der Waals surface area contributed by atoms with Crippen molar-refractivity contribution >= 4 is 58.5 Å². The standard InChI is InChI=1S/C63H73Cl2FN10O11/c1-39(2)86-54-35-48(81-6)18-20-50(54)60-70-57(42-9-13-44(64)14-10-42)58(43-11-15-45(65)16-12-43)76(60)63(80)74-24-23-73(55(78)38-74)25-27-83-29-31-85-33-32-84-30-28-82-26-21-47(77)8-7-22-75-53-37-72(5)62(79)49-19-17-46(66)34-51(49)41(4)87-61-59(67)68-36-52(69-61)56(53)40(3)71-75/h9-20,34-36,39,41,57-58H,7-8,21-33,37-38H2,1-6H3,(H2,67,68)/t41-,57-,58+/m1/s1. The molecular weight excluding hydrogens is 1160 g/mol. The lowest BCUT2D eigenvalue weighted by Crippen LogP contribution is -2.56. The van der Waals surface area contributed by atoms with Crippen molar-refractivity contribution in [1.82, 2.24) is 39.3 Å². The number of methoxy groups -OCH3 is 1. The number of aryl methyl sites for hydroxylation is 2. The molecule has 24 heteroatoms. The molecule has 2 N–H and O–H groups in total. The molecule has 2 bridgehead atoms. The molecule has 5 heterocycles. The Kier molecular flexibility index (Phi) is 21.8. The number of Topliss-reactive ketones (excluding diaryl/α,β-unsaturated/α-hetero) is 1. The molecule has 0 aliphatic carbocycles. The molecule has 0 spiro atoms. The van der Waals surface area contributed by atoms with Crippen LogP contribution in [0.4, 0.5) is 15.0 Å². The number of aliphatic imine (C=N–C) groups is 1. The first-order valence-corrected chi connectivity index (χ1v) is 29.8. The molecule has 6 aromatic rings. The lowest BCUT2D eigenvalue weighted by Gasteiger charge is -2.38. The van der Waals surface area contributed by atoms with Gasteiger partial charge in [-0.05, 0) is 99.8 Å². The minimum Gasteiger partial charge on any atom is -0.497 e. The topological polar surface area (TPSA) is 228 Å². The number of carbonyl (C=O) groups is 4. The fourth-order valence-corrected chi connectivity index (χ4v) is 10.9. The summed E-state index contributed by atoms with van der Waals surface area (Å²) >= 11 is 12.7. The Morgan fingerprint density at radius 3 is 2.13 bits per heavy atom. The van der Waals surface area contributed by atoms with Crippen LogP contribution in [0.2, 0.25) is 10.0 Å². The van der Waals surface area contributed by atoms with Crippen molar-refractivity contribution in [3.63, 3.8) is 0 Å². The number of urea groups is 1. The Labute approximate surface area is 515 Å². The van der Waals surface area contributed by atoms with E-state index in [9.17, 15) is 18.8 Å². The highest BCUT2D eigenvalue weighted by Crippen LogP contribution is 2.46. The van der Waals surface area contributed by atoms with Crippen LogP contribution in [-0.2, 0) is 41.6 Å². The van der Waals surface area contributed by atoms with Gasteiger partial charge in [0.15, 0.2) is 5.82 Å². The van der Waals surface area contributed by atoms with Gasteiger partial charge >= 0.3 is 6.03 Å². The normalized spacial score (nSPS) is 16.9. The Morgan fingerprint density at radius 1 is 0.805 bits per heavy atom. The smallest absolute Gasteiger partial charge is 0.326 e. The van der Waals surface area contributed by atoms with Gasteiger partial charge in [0.05, 0.1) is 107 Å². The van der Waals surface area contributed by atoms with E-state index >= 15 is 4.79 Å². The van der Waals surface area contributed by atoms with Crippen molar-refractivity contribution < 1.29 is 56.7 Å². The van der Waals surface area contributed by atoms with Gasteiger partial charge in [-0.25, -0.2) is 19.2 Å². The molecule has 0 saturated carbocycles. The summed E-state index contributed by atoms with van der Waals surface area (Å²) in [4.78, 5) is 76.3. The monoisotopic (exact) mass is 1230 g/mol. The quantitative estimate of drug-likeness (QED) is 0.0526. The number of aromatic nitrogens is 4. The number of piperazine rings is 1. The third-order valence-electron chi connectivity index (χ3n) is 15.0. The summed E-state index contributed by atoms with van der Waals surface area (Å²) in [6.45, 7) is 11.2. The first kappa shape index (κ1) is 63.8. The summed E-state index contributed by atoms with van der Waals surface area (Å²) in [6.07, 6.45) is 1.58. The second kappa shape index (κ2) is 29.8. The molecule has 0 radical (unpaired) electrons. The van der Waals surface area contributed by atoms with Crippen molar-refractivity contribution in [2.45, 2.75) is 84.3 Å². The fourth-order valence-electron chi connectivity index (χ4n) is 10.6. The Morgan fingerprint density at radius 2 is 1.46 bits per heavy atom. The molecule has 21 nitrogen and oxygen atoms in total. The van der Waals surface area contributed by atoms with Crippen LogP contribution in [0.1, 0.15) is 102 Å². The summed E-state index contributed by atoms with van der Waals surface area (Å²) < 4.78 is 57.0. The summed E-state index contributed by atoms with van der Waals surface area (Å²) in [6, 6.07) is 22.6. The molecule has 4 aromatic carbocycles. The van der Waals surface area contributed by atoms with E-state index in [2.05, 4.69) is 9.97 Å². The van der Waals surface area contributed by atoms with Gasteiger partial charge in [-0.3, -0.25) is 29.0 Å². The van der Waals surface area contributed by atoms with E-state index in [1.54, 1.807) is 76.9 Å². The van der Waals surface area contributed by atoms with Gasteiger partial charge < -0.3 is 53.6 Å². The van der Waals surface area contributed by atoms with Crippen molar-refractivity contribution in [1.29, 1.82) is 0 Å². The minimum atomic E-state index is -0.764. The molecule has 4 amide bonds. The van der Waals surface area contributed by atoms with Gasteiger partial charge in [-0.1, -0.05) is 47.5 Å². The number of hydrogen-bond donors (Lipinski definition) is 1. The van der Waals surface area contributed by atoms with E-state index < -0.39 is 24.0 Å². The second-order valence-corrected chi connectivity index (χ2v) is 22.4. The number of ether oxygens (including phenoxy) is 7. The largest absolute Gasteiger partial charge is 0.497 e. The van der Waals surface area contributed by atoms with E-state index in [0.717, 1.165) is 11.1 Å². The van der Waals surface area contributed by atoms with Gasteiger partial charge in [-0.15, -0.1) is 0 Å². The van der Waals surface area contributed by atoms with Crippen LogP contribution in [-0.4, -0.2) is 168 Å². The molecule has 87 heavy (non-hydrogen) atoms. The minimum absolute atomic E-state index is 0.0338. The first-order valence-electron chi connectivity index (χ1n) is 29.0. The van der Waals surface area contributed by atoms with Crippen LogP contribution in [0.3, 0.4) is 0 Å². The molecule has 3 aliphatic rings.